The fourth-order valence-electron chi connectivity index (χ4n) is 3.38. The third-order valence-electron chi connectivity index (χ3n) is 4.57. The molecule has 1 aliphatic carbocycles. The van der Waals surface area contributed by atoms with E-state index in [-0.39, 0.29) is 0 Å². The molecule has 2 nitrogen and oxygen atoms in total. The van der Waals surface area contributed by atoms with Crippen molar-refractivity contribution in [3.05, 3.63) is 35.9 Å². The Balaban J connectivity index is 1.57. The second kappa shape index (κ2) is 5.41. The Labute approximate surface area is 110 Å². The van der Waals surface area contributed by atoms with Crippen molar-refractivity contribution in [1.29, 1.82) is 0 Å². The maximum atomic E-state index is 5.49. The first kappa shape index (κ1) is 12.2. The van der Waals surface area contributed by atoms with Gasteiger partial charge in [-0.05, 0) is 49.6 Å². The second-order valence-corrected chi connectivity index (χ2v) is 5.78. The summed E-state index contributed by atoms with van der Waals surface area (Å²) >= 11 is 0. The van der Waals surface area contributed by atoms with Gasteiger partial charge in [0.1, 0.15) is 0 Å². The lowest BCUT2D eigenvalue weighted by Gasteiger charge is -2.19. The van der Waals surface area contributed by atoms with Crippen LogP contribution in [0.1, 0.15) is 30.7 Å². The molecule has 1 saturated carbocycles. The van der Waals surface area contributed by atoms with Gasteiger partial charge in [-0.25, -0.2) is 0 Å². The summed E-state index contributed by atoms with van der Waals surface area (Å²) in [5.41, 5.74) is 1.52. The van der Waals surface area contributed by atoms with Crippen LogP contribution in [0.5, 0.6) is 0 Å². The van der Waals surface area contributed by atoms with Crippen molar-refractivity contribution >= 4 is 0 Å². The molecule has 1 aromatic rings. The molecule has 0 bridgehead atoms. The highest BCUT2D eigenvalue weighted by Gasteiger charge is 2.43. The Morgan fingerprint density at radius 1 is 1.33 bits per heavy atom. The number of hydrogen-bond donors (Lipinski definition) is 1. The molecule has 0 amide bonds. The van der Waals surface area contributed by atoms with Crippen LogP contribution in [-0.4, -0.2) is 26.3 Å². The predicted molar refractivity (Wildman–Crippen MR) is 73.7 cm³/mol. The summed E-state index contributed by atoms with van der Waals surface area (Å²) in [5.74, 6) is 2.39. The second-order valence-electron chi connectivity index (χ2n) is 5.78. The Morgan fingerprint density at radius 3 is 2.83 bits per heavy atom. The van der Waals surface area contributed by atoms with E-state index in [2.05, 4.69) is 42.7 Å². The lowest BCUT2D eigenvalue weighted by molar-refractivity contribution is 0.180. The first-order valence-corrected chi connectivity index (χ1v) is 7.18. The van der Waals surface area contributed by atoms with E-state index in [1.54, 1.807) is 0 Å². The van der Waals surface area contributed by atoms with Gasteiger partial charge in [0.15, 0.2) is 0 Å². The van der Waals surface area contributed by atoms with Crippen LogP contribution in [0.25, 0.3) is 0 Å². The normalized spacial score (nSPS) is 32.4. The lowest BCUT2D eigenvalue weighted by Crippen LogP contribution is -2.30. The lowest BCUT2D eigenvalue weighted by atomic mass is 9.94. The number of benzene rings is 1. The molecule has 1 aliphatic heterocycles. The Bertz CT molecular complexity index is 372. The molecule has 0 aromatic heterocycles. The van der Waals surface area contributed by atoms with Crippen molar-refractivity contribution in [2.75, 3.05) is 20.3 Å². The molecule has 4 atom stereocenters. The van der Waals surface area contributed by atoms with E-state index < -0.39 is 0 Å². The maximum Gasteiger partial charge on any atom is 0.0495 e. The van der Waals surface area contributed by atoms with Gasteiger partial charge in [0.25, 0.3) is 0 Å². The molecule has 3 rings (SSSR count). The first-order valence-electron chi connectivity index (χ1n) is 7.18. The smallest absolute Gasteiger partial charge is 0.0495 e. The van der Waals surface area contributed by atoms with Crippen molar-refractivity contribution in [2.24, 2.45) is 11.8 Å². The van der Waals surface area contributed by atoms with Crippen LogP contribution in [0.3, 0.4) is 0 Å². The van der Waals surface area contributed by atoms with E-state index in [4.69, 9.17) is 4.74 Å². The van der Waals surface area contributed by atoms with E-state index in [0.29, 0.717) is 6.04 Å². The zero-order valence-corrected chi connectivity index (χ0v) is 11.1. The van der Waals surface area contributed by atoms with E-state index in [1.807, 2.05) is 0 Å². The Hall–Kier alpha value is -0.860. The average Bonchev–Trinajstić information content (AvgIpc) is 3.05. The minimum atomic E-state index is 0.668. The topological polar surface area (TPSA) is 21.3 Å². The van der Waals surface area contributed by atoms with Crippen molar-refractivity contribution in [1.82, 2.24) is 5.32 Å². The minimum absolute atomic E-state index is 0.668. The summed E-state index contributed by atoms with van der Waals surface area (Å²) in [6.07, 6.45) is 3.88. The van der Waals surface area contributed by atoms with Crippen LogP contribution in [0, 0.1) is 11.8 Å². The fraction of sp³-hybridized carbons (Fsp3) is 0.625. The number of ether oxygens (including phenoxy) is 1. The molecule has 2 fully saturated rings. The van der Waals surface area contributed by atoms with E-state index in [1.165, 1.54) is 24.8 Å². The monoisotopic (exact) mass is 245 g/mol. The summed E-state index contributed by atoms with van der Waals surface area (Å²) in [4.78, 5) is 0. The molecule has 1 N–H and O–H groups in total. The summed E-state index contributed by atoms with van der Waals surface area (Å²) in [6, 6.07) is 11.6. The van der Waals surface area contributed by atoms with Crippen molar-refractivity contribution in [2.45, 2.75) is 31.2 Å². The molecule has 0 radical (unpaired) electrons. The summed E-state index contributed by atoms with van der Waals surface area (Å²) in [7, 11) is 2.11. The predicted octanol–water partition coefficient (Wildman–Crippen LogP) is 2.80. The number of rotatable bonds is 5. The van der Waals surface area contributed by atoms with Crippen LogP contribution in [-0.2, 0) is 4.74 Å². The van der Waals surface area contributed by atoms with E-state index in [9.17, 15) is 0 Å². The third-order valence-corrected chi connectivity index (χ3v) is 4.57. The zero-order valence-electron chi connectivity index (χ0n) is 11.1. The van der Waals surface area contributed by atoms with Crippen LogP contribution in [0.4, 0.5) is 0 Å². The molecule has 0 spiro atoms. The van der Waals surface area contributed by atoms with Gasteiger partial charge in [0.05, 0.1) is 0 Å². The van der Waals surface area contributed by atoms with Gasteiger partial charge in [-0.3, -0.25) is 0 Å². The van der Waals surface area contributed by atoms with Crippen LogP contribution in [0.15, 0.2) is 30.3 Å². The van der Waals surface area contributed by atoms with Gasteiger partial charge in [-0.1, -0.05) is 30.3 Å². The SMILES string of the molecule is CNC(CC1CCOC1)C1CC1c1ccccc1. The molecule has 2 heteroatoms. The van der Waals surface area contributed by atoms with Crippen molar-refractivity contribution in [3.63, 3.8) is 0 Å². The Kier molecular flexibility index (Phi) is 3.67. The largest absolute Gasteiger partial charge is 0.381 e. The number of nitrogens with one attached hydrogen (secondary N) is 1. The molecule has 2 aliphatic rings. The van der Waals surface area contributed by atoms with Gasteiger partial charge in [0.2, 0.25) is 0 Å². The quantitative estimate of drug-likeness (QED) is 0.861. The van der Waals surface area contributed by atoms with Gasteiger partial charge < -0.3 is 10.1 Å². The Morgan fingerprint density at radius 2 is 2.17 bits per heavy atom. The van der Waals surface area contributed by atoms with Gasteiger partial charge in [-0.15, -0.1) is 0 Å². The molecule has 18 heavy (non-hydrogen) atoms. The minimum Gasteiger partial charge on any atom is -0.381 e. The summed E-state index contributed by atoms with van der Waals surface area (Å²) in [5, 5.41) is 3.54. The number of hydrogen-bond acceptors (Lipinski definition) is 2. The highest BCUT2D eigenvalue weighted by Crippen LogP contribution is 2.50. The average molecular weight is 245 g/mol. The molecule has 1 aromatic carbocycles. The third kappa shape index (κ3) is 2.60. The van der Waals surface area contributed by atoms with Gasteiger partial charge >= 0.3 is 0 Å². The van der Waals surface area contributed by atoms with Crippen molar-refractivity contribution in [3.8, 4) is 0 Å². The standard InChI is InChI=1S/C16H23NO/c1-17-16(9-12-7-8-18-11-12)15-10-14(15)13-5-3-2-4-6-13/h2-6,12,14-17H,7-11H2,1H3. The summed E-state index contributed by atoms with van der Waals surface area (Å²) in [6.45, 7) is 1.94. The summed E-state index contributed by atoms with van der Waals surface area (Å²) < 4.78 is 5.49. The highest BCUT2D eigenvalue weighted by molar-refractivity contribution is 5.26. The molecular weight excluding hydrogens is 222 g/mol. The zero-order chi connectivity index (χ0) is 12.4. The molecule has 1 heterocycles. The molecular formula is C16H23NO. The molecule has 1 saturated heterocycles. The van der Waals surface area contributed by atoms with Crippen molar-refractivity contribution < 1.29 is 4.74 Å². The first-order chi connectivity index (χ1) is 8.88. The maximum absolute atomic E-state index is 5.49. The van der Waals surface area contributed by atoms with E-state index >= 15 is 0 Å². The van der Waals surface area contributed by atoms with Gasteiger partial charge in [-0.2, -0.15) is 0 Å². The van der Waals surface area contributed by atoms with Crippen LogP contribution in [0.2, 0.25) is 0 Å². The highest BCUT2D eigenvalue weighted by atomic mass is 16.5. The van der Waals surface area contributed by atoms with E-state index in [0.717, 1.165) is 31.0 Å². The fourth-order valence-corrected chi connectivity index (χ4v) is 3.38. The van der Waals surface area contributed by atoms with Gasteiger partial charge in [0, 0.05) is 19.3 Å². The van der Waals surface area contributed by atoms with Crippen LogP contribution < -0.4 is 5.32 Å². The van der Waals surface area contributed by atoms with Crippen LogP contribution >= 0.6 is 0 Å². The molecule has 98 valence electrons. The molecule has 4 unspecified atom stereocenters.